The second-order valence-electron chi connectivity index (χ2n) is 7.84. The highest BCUT2D eigenvalue weighted by Crippen LogP contribution is 2.38. The minimum absolute atomic E-state index is 0.0500. The van der Waals surface area contributed by atoms with Crippen molar-refractivity contribution in [1.29, 1.82) is 0 Å². The van der Waals surface area contributed by atoms with Gasteiger partial charge in [-0.2, -0.15) is 0 Å². The minimum Gasteiger partial charge on any atom is -0.491 e. The number of morpholine rings is 1. The van der Waals surface area contributed by atoms with E-state index in [2.05, 4.69) is 26.8 Å². The van der Waals surface area contributed by atoms with Crippen LogP contribution in [-0.4, -0.2) is 57.4 Å². The van der Waals surface area contributed by atoms with E-state index in [-0.39, 0.29) is 11.8 Å². The van der Waals surface area contributed by atoms with Crippen molar-refractivity contribution in [2.75, 3.05) is 46.6 Å². The number of amides is 1. The summed E-state index contributed by atoms with van der Waals surface area (Å²) in [6.45, 7) is 10.3. The lowest BCUT2D eigenvalue weighted by molar-refractivity contribution is -0.141. The normalized spacial score (nSPS) is 20.9. The van der Waals surface area contributed by atoms with Gasteiger partial charge in [0.25, 0.3) is 0 Å². The van der Waals surface area contributed by atoms with Crippen LogP contribution in [0.5, 0.6) is 5.75 Å². The number of ether oxygens (including phenoxy) is 3. The smallest absolute Gasteiger partial charge is 0.225 e. The van der Waals surface area contributed by atoms with Crippen LogP contribution in [0.25, 0.3) is 0 Å². The molecule has 2 aliphatic rings. The average molecular weight is 376 g/mol. The fourth-order valence-electron chi connectivity index (χ4n) is 4.41. The predicted octanol–water partition coefficient (Wildman–Crippen LogP) is 2.93. The van der Waals surface area contributed by atoms with Crippen molar-refractivity contribution >= 4 is 5.91 Å². The van der Waals surface area contributed by atoms with E-state index < -0.39 is 0 Å². The van der Waals surface area contributed by atoms with Gasteiger partial charge in [-0.3, -0.25) is 4.79 Å². The first-order valence-electron chi connectivity index (χ1n) is 10.1. The Hall–Kier alpha value is -1.59. The summed E-state index contributed by atoms with van der Waals surface area (Å²) in [7, 11) is 1.69. The van der Waals surface area contributed by atoms with Crippen LogP contribution in [0.3, 0.4) is 0 Å². The Morgan fingerprint density at radius 1 is 1.26 bits per heavy atom. The van der Waals surface area contributed by atoms with Gasteiger partial charge >= 0.3 is 0 Å². The van der Waals surface area contributed by atoms with Crippen molar-refractivity contribution in [3.8, 4) is 5.75 Å². The molecule has 0 N–H and O–H groups in total. The third-order valence-electron chi connectivity index (χ3n) is 6.21. The van der Waals surface area contributed by atoms with E-state index in [0.29, 0.717) is 32.3 Å². The van der Waals surface area contributed by atoms with E-state index in [1.807, 2.05) is 4.90 Å². The summed E-state index contributed by atoms with van der Waals surface area (Å²) in [5.74, 6) is 1.68. The number of carbonyl (C=O) groups excluding carboxylic acids is 1. The number of nitrogens with zero attached hydrogens (tertiary/aromatic N) is 1. The maximum Gasteiger partial charge on any atom is 0.225 e. The Balaban J connectivity index is 1.74. The molecule has 0 radical (unpaired) electrons. The standard InChI is InChI=1S/C22H33NO4/c1-15-13-21(27-12-11-25-4)17(3)20-14-18(5-6-19(15)20)16(2)22(24)23-7-9-26-10-8-23/h13,16,18H,5-12,14H2,1-4H3/t16?,18-/m1/s1. The first-order chi connectivity index (χ1) is 13.0. The molecule has 0 spiro atoms. The van der Waals surface area contributed by atoms with Crippen LogP contribution < -0.4 is 4.74 Å². The Morgan fingerprint density at radius 2 is 2.00 bits per heavy atom. The van der Waals surface area contributed by atoms with Crippen LogP contribution in [0.2, 0.25) is 0 Å². The van der Waals surface area contributed by atoms with Gasteiger partial charge in [-0.05, 0) is 67.3 Å². The van der Waals surface area contributed by atoms with E-state index >= 15 is 0 Å². The van der Waals surface area contributed by atoms with Gasteiger partial charge in [0, 0.05) is 26.1 Å². The molecule has 5 heteroatoms. The molecule has 0 bridgehead atoms. The van der Waals surface area contributed by atoms with Crippen LogP contribution in [0, 0.1) is 25.7 Å². The number of rotatable bonds is 6. The summed E-state index contributed by atoms with van der Waals surface area (Å²) in [4.78, 5) is 14.9. The van der Waals surface area contributed by atoms with Gasteiger partial charge in [0.2, 0.25) is 5.91 Å². The largest absolute Gasteiger partial charge is 0.491 e. The molecule has 5 nitrogen and oxygen atoms in total. The number of fused-ring (bicyclic) bond motifs is 1. The second kappa shape index (κ2) is 9.07. The maximum atomic E-state index is 12.9. The molecule has 1 saturated heterocycles. The van der Waals surface area contributed by atoms with E-state index in [4.69, 9.17) is 14.2 Å². The highest BCUT2D eigenvalue weighted by Gasteiger charge is 2.32. The van der Waals surface area contributed by atoms with Crippen molar-refractivity contribution in [2.24, 2.45) is 11.8 Å². The van der Waals surface area contributed by atoms with Crippen LogP contribution in [-0.2, 0) is 27.1 Å². The fourth-order valence-corrected chi connectivity index (χ4v) is 4.41. The van der Waals surface area contributed by atoms with Gasteiger partial charge in [0.05, 0.1) is 19.8 Å². The lowest BCUT2D eigenvalue weighted by Crippen LogP contribution is -2.45. The Morgan fingerprint density at radius 3 is 2.70 bits per heavy atom. The summed E-state index contributed by atoms with van der Waals surface area (Å²) in [6.07, 6.45) is 3.08. The molecule has 3 rings (SSSR count). The second-order valence-corrected chi connectivity index (χ2v) is 7.84. The Kier molecular flexibility index (Phi) is 6.77. The summed E-state index contributed by atoms with van der Waals surface area (Å²) < 4.78 is 16.4. The summed E-state index contributed by atoms with van der Waals surface area (Å²) in [5, 5.41) is 0. The fraction of sp³-hybridized carbons (Fsp3) is 0.682. The maximum absolute atomic E-state index is 12.9. The van der Waals surface area contributed by atoms with Crippen molar-refractivity contribution in [3.05, 3.63) is 28.3 Å². The third-order valence-corrected chi connectivity index (χ3v) is 6.21. The van der Waals surface area contributed by atoms with Crippen LogP contribution in [0.1, 0.15) is 35.6 Å². The first-order valence-corrected chi connectivity index (χ1v) is 10.1. The highest BCUT2D eigenvalue weighted by atomic mass is 16.5. The molecule has 1 aromatic carbocycles. The van der Waals surface area contributed by atoms with Gasteiger partial charge in [-0.1, -0.05) is 6.92 Å². The summed E-state index contributed by atoms with van der Waals surface area (Å²) >= 11 is 0. The lowest BCUT2D eigenvalue weighted by Gasteiger charge is -2.35. The van der Waals surface area contributed by atoms with E-state index in [0.717, 1.165) is 38.1 Å². The Bertz CT molecular complexity index is 667. The molecule has 1 aliphatic heterocycles. The van der Waals surface area contributed by atoms with E-state index in [1.54, 1.807) is 7.11 Å². The monoisotopic (exact) mass is 375 g/mol. The number of hydrogen-bond acceptors (Lipinski definition) is 4. The van der Waals surface area contributed by atoms with Crippen molar-refractivity contribution < 1.29 is 19.0 Å². The topological polar surface area (TPSA) is 48.0 Å². The number of benzene rings is 1. The van der Waals surface area contributed by atoms with Crippen LogP contribution >= 0.6 is 0 Å². The first kappa shape index (κ1) is 20.2. The average Bonchev–Trinajstić information content (AvgIpc) is 2.71. The Labute approximate surface area is 163 Å². The molecule has 0 saturated carbocycles. The number of carbonyl (C=O) groups is 1. The molecule has 2 atom stereocenters. The van der Waals surface area contributed by atoms with Crippen molar-refractivity contribution in [2.45, 2.75) is 40.0 Å². The highest BCUT2D eigenvalue weighted by molar-refractivity contribution is 5.79. The molecule has 1 aliphatic carbocycles. The van der Waals surface area contributed by atoms with Gasteiger partial charge in [-0.25, -0.2) is 0 Å². The van der Waals surface area contributed by atoms with Gasteiger partial charge in [0.15, 0.2) is 0 Å². The van der Waals surface area contributed by atoms with Gasteiger partial charge in [0.1, 0.15) is 12.4 Å². The lowest BCUT2D eigenvalue weighted by atomic mass is 9.74. The molecule has 1 fully saturated rings. The number of aryl methyl sites for hydroxylation is 1. The third kappa shape index (κ3) is 4.46. The molecule has 0 aromatic heterocycles. The quantitative estimate of drug-likeness (QED) is 0.718. The summed E-state index contributed by atoms with van der Waals surface area (Å²) in [6, 6.07) is 2.16. The zero-order chi connectivity index (χ0) is 19.4. The SMILES string of the molecule is COCCOc1cc(C)c2c(c1C)C[C@H](C(C)C(=O)N1CCOCC1)CC2. The van der Waals surface area contributed by atoms with E-state index in [9.17, 15) is 4.79 Å². The summed E-state index contributed by atoms with van der Waals surface area (Å²) in [5.41, 5.74) is 5.37. The van der Waals surface area contributed by atoms with Crippen LogP contribution in [0.4, 0.5) is 0 Å². The molecule has 27 heavy (non-hydrogen) atoms. The van der Waals surface area contributed by atoms with E-state index in [1.165, 1.54) is 22.3 Å². The van der Waals surface area contributed by atoms with Crippen LogP contribution in [0.15, 0.2) is 6.07 Å². The van der Waals surface area contributed by atoms with Gasteiger partial charge in [-0.15, -0.1) is 0 Å². The minimum atomic E-state index is 0.0500. The number of hydrogen-bond donors (Lipinski definition) is 0. The molecule has 1 aromatic rings. The number of methoxy groups -OCH3 is 1. The molecule has 150 valence electrons. The molecule has 1 unspecified atom stereocenters. The molecule has 1 heterocycles. The zero-order valence-electron chi connectivity index (χ0n) is 17.2. The predicted molar refractivity (Wildman–Crippen MR) is 105 cm³/mol. The molecular formula is C22H33NO4. The van der Waals surface area contributed by atoms with Gasteiger partial charge < -0.3 is 19.1 Å². The molecular weight excluding hydrogens is 342 g/mol. The molecule has 1 amide bonds. The van der Waals surface area contributed by atoms with Crippen molar-refractivity contribution in [3.63, 3.8) is 0 Å². The van der Waals surface area contributed by atoms with Crippen molar-refractivity contribution in [1.82, 2.24) is 4.90 Å². The zero-order valence-corrected chi connectivity index (χ0v) is 17.2.